The highest BCUT2D eigenvalue weighted by Gasteiger charge is 2.61. The molecule has 8 aromatic rings. The largest absolute Gasteiger partial charge is 0.311 e. The summed E-state index contributed by atoms with van der Waals surface area (Å²) < 4.78 is 0. The van der Waals surface area contributed by atoms with Gasteiger partial charge in [-0.15, -0.1) is 21.9 Å². The number of fused-ring (bicyclic) bond motifs is 4. The van der Waals surface area contributed by atoms with E-state index in [2.05, 4.69) is 212 Å². The second-order valence-electron chi connectivity index (χ2n) is 22.6. The third-order valence-electron chi connectivity index (χ3n) is 19.3. The number of aryl methyl sites for hydroxylation is 2. The molecule has 4 bridgehead atoms. The van der Waals surface area contributed by atoms with E-state index in [1.54, 1.807) is 11.1 Å². The van der Waals surface area contributed by atoms with Gasteiger partial charge in [-0.1, -0.05) is 117 Å². The number of benzene rings is 8. The Bertz CT molecular complexity index is 3410. The zero-order valence-corrected chi connectivity index (χ0v) is 43.3. The minimum atomic E-state index is 0.0415. The fourth-order valence-electron chi connectivity index (χ4n) is 15.3. The van der Waals surface area contributed by atoms with E-state index >= 15 is 0 Å². The van der Waals surface area contributed by atoms with E-state index in [4.69, 9.17) is 0 Å². The van der Waals surface area contributed by atoms with E-state index in [9.17, 15) is 0 Å². The van der Waals surface area contributed by atoms with Gasteiger partial charge >= 0.3 is 0 Å². The topological polar surface area (TPSA) is 3.24 Å². The van der Waals surface area contributed by atoms with Crippen LogP contribution in [-0.2, 0) is 5.41 Å². The first kappa shape index (κ1) is 44.7. The molecule has 0 saturated heterocycles. The Balaban J connectivity index is 1.07. The summed E-state index contributed by atoms with van der Waals surface area (Å²) >= 11 is 0. The zero-order chi connectivity index (χ0) is 47.9. The normalized spacial score (nSPS) is 20.7. The number of nitrogens with zero attached hydrogens (tertiary/aromatic N) is 1. The van der Waals surface area contributed by atoms with E-state index in [0.717, 1.165) is 11.8 Å². The average Bonchev–Trinajstić information content (AvgIpc) is 3.63. The molecule has 69 heavy (non-hydrogen) atoms. The van der Waals surface area contributed by atoms with Crippen LogP contribution < -0.4 is 59.5 Å². The molecule has 326 valence electrons. The van der Waals surface area contributed by atoms with Crippen molar-refractivity contribution in [2.24, 2.45) is 23.7 Å². The fraction of sp³-hybridized carbons (Fsp3) is 0.207. The van der Waals surface area contributed by atoms with Gasteiger partial charge < -0.3 is 4.90 Å². The SMILES string of the molecule is Bc1c(B)c(B)c(-c2ccc3c(c2)C2(c4cc(-c5c(C)cc(N(c6ccc(-c7ccccc7)cc6)c6c(B)c(B)c(B)c(B)c6B)c6cc(C)ccc56)ccc4-3)C3CC4CC(C3)CC2C4)c(B)c1B. The molecule has 13 rings (SSSR count). The first-order valence-corrected chi connectivity index (χ1v) is 26.1. The molecular weight excluding hydrogens is 819 g/mol. The number of anilines is 3. The number of rotatable bonds is 6. The summed E-state index contributed by atoms with van der Waals surface area (Å²) in [5.41, 5.74) is 34.6. The Hall–Kier alpha value is -5.53. The van der Waals surface area contributed by atoms with Gasteiger partial charge in [-0.05, 0) is 173 Å². The van der Waals surface area contributed by atoms with Crippen LogP contribution in [0.15, 0.2) is 115 Å². The van der Waals surface area contributed by atoms with Crippen LogP contribution in [0.3, 0.4) is 0 Å². The Kier molecular flexibility index (Phi) is 10.5. The molecule has 0 aliphatic heterocycles. The van der Waals surface area contributed by atoms with E-state index in [-0.39, 0.29) is 5.41 Å². The first-order chi connectivity index (χ1) is 33.2. The molecule has 8 aromatic carbocycles. The van der Waals surface area contributed by atoms with Crippen molar-refractivity contribution in [2.75, 3.05) is 4.90 Å². The smallest absolute Gasteiger partial charge is 0.141 e. The predicted molar refractivity (Wildman–Crippen MR) is 329 cm³/mol. The lowest BCUT2D eigenvalue weighted by Crippen LogP contribution is -2.56. The molecule has 0 heterocycles. The highest BCUT2D eigenvalue weighted by atomic mass is 15.1. The van der Waals surface area contributed by atoms with E-state index in [1.807, 2.05) is 0 Å². The van der Waals surface area contributed by atoms with Crippen molar-refractivity contribution in [2.45, 2.75) is 51.4 Å². The summed E-state index contributed by atoms with van der Waals surface area (Å²) in [4.78, 5) is 2.60. The quantitative estimate of drug-likeness (QED) is 0.179. The van der Waals surface area contributed by atoms with Crippen LogP contribution >= 0.6 is 0 Å². The van der Waals surface area contributed by atoms with Gasteiger partial charge in [0.25, 0.3) is 0 Å². The van der Waals surface area contributed by atoms with Crippen LogP contribution in [0.5, 0.6) is 0 Å². The van der Waals surface area contributed by atoms with E-state index < -0.39 is 0 Å². The molecular formula is C58H59B10N. The van der Waals surface area contributed by atoms with Crippen LogP contribution in [-0.4, -0.2) is 78.5 Å². The molecule has 4 saturated carbocycles. The second kappa shape index (κ2) is 16.3. The lowest BCUT2D eigenvalue weighted by Gasteiger charge is -2.61. The lowest BCUT2D eigenvalue weighted by atomic mass is 9.43. The molecule has 1 nitrogen and oxygen atoms in total. The summed E-state index contributed by atoms with van der Waals surface area (Å²) in [5.74, 6) is 3.13. The maximum absolute atomic E-state index is 2.72. The van der Waals surface area contributed by atoms with Crippen molar-refractivity contribution in [3.63, 3.8) is 0 Å². The molecule has 1 spiro atoms. The molecule has 0 N–H and O–H groups in total. The third kappa shape index (κ3) is 6.50. The van der Waals surface area contributed by atoms with Gasteiger partial charge in [-0.25, -0.2) is 0 Å². The Morgan fingerprint density at radius 3 is 1.45 bits per heavy atom. The Labute approximate surface area is 420 Å². The Morgan fingerprint density at radius 2 is 0.899 bits per heavy atom. The molecule has 0 aromatic heterocycles. The second-order valence-corrected chi connectivity index (χ2v) is 22.6. The van der Waals surface area contributed by atoms with Gasteiger partial charge in [-0.2, -0.15) is 0 Å². The molecule has 0 atom stereocenters. The van der Waals surface area contributed by atoms with Crippen LogP contribution in [0.4, 0.5) is 17.1 Å². The maximum Gasteiger partial charge on any atom is 0.141 e. The van der Waals surface area contributed by atoms with Gasteiger partial charge in [0, 0.05) is 22.2 Å². The summed E-state index contributed by atoms with van der Waals surface area (Å²) in [6.45, 7) is 4.64. The van der Waals surface area contributed by atoms with Gasteiger partial charge in [0.15, 0.2) is 0 Å². The van der Waals surface area contributed by atoms with E-state index in [1.165, 1.54) is 170 Å². The lowest BCUT2D eigenvalue weighted by molar-refractivity contribution is -0.0399. The average molecular weight is 878 g/mol. The monoisotopic (exact) mass is 880 g/mol. The standard InChI is InChI=1S/C58H59B10N/c1-27-8-15-40-41(18-27)44(69(57-55(67)53(65)52(64)54(66)56(57)68)37-13-9-32(10-14-37)31-6-4-3-5-7-31)19-28(2)45(40)33-11-16-38-39-17-12-34(46-47(59)49(61)51(63)50(62)48(46)60)26-43(39)58(42(38)25-33)35-21-29-20-30(23-35)24-36(58)22-29/h3-19,25-26,29-30,35-36H,20-24,59-68H2,1-2H3. The molecule has 0 unspecified atom stereocenters. The van der Waals surface area contributed by atoms with Crippen molar-refractivity contribution >= 4 is 161 Å². The molecule has 0 amide bonds. The fourth-order valence-corrected chi connectivity index (χ4v) is 15.3. The van der Waals surface area contributed by atoms with Crippen molar-refractivity contribution in [1.29, 1.82) is 0 Å². The van der Waals surface area contributed by atoms with Crippen molar-refractivity contribution in [3.8, 4) is 44.5 Å². The van der Waals surface area contributed by atoms with Crippen molar-refractivity contribution in [1.82, 2.24) is 0 Å². The van der Waals surface area contributed by atoms with Crippen LogP contribution in [0, 0.1) is 37.5 Å². The Morgan fingerprint density at radius 1 is 0.420 bits per heavy atom. The number of hydrogen-bond acceptors (Lipinski definition) is 1. The third-order valence-corrected chi connectivity index (χ3v) is 19.3. The highest BCUT2D eigenvalue weighted by Crippen LogP contribution is 2.70. The van der Waals surface area contributed by atoms with Gasteiger partial charge in [-0.3, -0.25) is 0 Å². The molecule has 4 fully saturated rings. The first-order valence-electron chi connectivity index (χ1n) is 26.1. The highest BCUT2D eigenvalue weighted by molar-refractivity contribution is 6.70. The zero-order valence-electron chi connectivity index (χ0n) is 43.3. The number of hydrogen-bond donors (Lipinski definition) is 0. The summed E-state index contributed by atoms with van der Waals surface area (Å²) in [5, 5.41) is 2.62. The molecule has 0 radical (unpaired) electrons. The predicted octanol–water partition coefficient (Wildman–Crippen LogP) is -1.77. The van der Waals surface area contributed by atoms with Gasteiger partial charge in [0.2, 0.25) is 0 Å². The van der Waals surface area contributed by atoms with Gasteiger partial charge in [0.05, 0.1) is 5.69 Å². The van der Waals surface area contributed by atoms with Gasteiger partial charge in [0.1, 0.15) is 78.5 Å². The van der Waals surface area contributed by atoms with Crippen LogP contribution in [0.1, 0.15) is 54.4 Å². The van der Waals surface area contributed by atoms with E-state index in [0.29, 0.717) is 11.8 Å². The van der Waals surface area contributed by atoms with Crippen LogP contribution in [0.25, 0.3) is 55.3 Å². The minimum absolute atomic E-state index is 0.0415. The summed E-state index contributed by atoms with van der Waals surface area (Å²) in [6, 6.07) is 45.3. The van der Waals surface area contributed by atoms with Crippen LogP contribution in [0.2, 0.25) is 0 Å². The molecule has 5 aliphatic rings. The van der Waals surface area contributed by atoms with Crippen molar-refractivity contribution in [3.05, 3.63) is 138 Å². The summed E-state index contributed by atoms with van der Waals surface area (Å²) in [7, 11) is 23.3. The maximum atomic E-state index is 2.72. The molecule has 11 heteroatoms. The minimum Gasteiger partial charge on any atom is -0.311 e. The van der Waals surface area contributed by atoms with Crippen molar-refractivity contribution < 1.29 is 0 Å². The molecule has 5 aliphatic carbocycles. The summed E-state index contributed by atoms with van der Waals surface area (Å²) in [6.07, 6.45) is 6.94.